The fourth-order valence-corrected chi connectivity index (χ4v) is 2.69. The standard InChI is InChI=1S/C13H20N4O/c18-13-6-12(15-9-16-13)17(11-3-4-11)8-10-2-1-5-14-7-10/h6,9-11,14H,1-5,7-8H2,(H,15,16,18). The number of nitrogens with zero attached hydrogens (tertiary/aromatic N) is 2. The Bertz CT molecular complexity index is 448. The van der Waals surface area contributed by atoms with Gasteiger partial charge in [0, 0.05) is 18.7 Å². The molecule has 1 saturated heterocycles. The molecule has 0 spiro atoms. The SMILES string of the molecule is O=c1cc(N(CC2CCCNC2)C2CC2)nc[nH]1. The Labute approximate surface area is 107 Å². The minimum absolute atomic E-state index is 0.0626. The van der Waals surface area contributed by atoms with E-state index in [1.807, 2.05) is 0 Å². The Balaban J connectivity index is 1.73. The lowest BCUT2D eigenvalue weighted by Crippen LogP contribution is -2.40. The lowest BCUT2D eigenvalue weighted by atomic mass is 9.99. The summed E-state index contributed by atoms with van der Waals surface area (Å²) in [5, 5.41) is 3.45. The van der Waals surface area contributed by atoms with E-state index in [-0.39, 0.29) is 5.56 Å². The first-order chi connectivity index (χ1) is 8.83. The first kappa shape index (κ1) is 11.7. The van der Waals surface area contributed by atoms with Crippen LogP contribution in [0.2, 0.25) is 0 Å². The number of rotatable bonds is 4. The van der Waals surface area contributed by atoms with Crippen molar-refractivity contribution in [2.24, 2.45) is 5.92 Å². The van der Waals surface area contributed by atoms with Crippen LogP contribution in [0.4, 0.5) is 5.82 Å². The molecule has 2 aliphatic rings. The van der Waals surface area contributed by atoms with Crippen LogP contribution in [-0.2, 0) is 0 Å². The van der Waals surface area contributed by atoms with Crippen LogP contribution in [0.1, 0.15) is 25.7 Å². The van der Waals surface area contributed by atoms with Crippen LogP contribution in [0.15, 0.2) is 17.2 Å². The van der Waals surface area contributed by atoms with E-state index in [4.69, 9.17) is 0 Å². The monoisotopic (exact) mass is 248 g/mol. The lowest BCUT2D eigenvalue weighted by molar-refractivity contribution is 0.375. The Morgan fingerprint density at radius 1 is 1.39 bits per heavy atom. The van der Waals surface area contributed by atoms with Crippen molar-refractivity contribution in [2.45, 2.75) is 31.7 Å². The molecule has 3 rings (SSSR count). The maximum atomic E-state index is 11.4. The first-order valence-electron chi connectivity index (χ1n) is 6.85. The highest BCUT2D eigenvalue weighted by Gasteiger charge is 2.32. The maximum absolute atomic E-state index is 11.4. The second-order valence-corrected chi connectivity index (χ2v) is 5.37. The third kappa shape index (κ3) is 2.72. The molecule has 5 heteroatoms. The van der Waals surface area contributed by atoms with Crippen LogP contribution >= 0.6 is 0 Å². The van der Waals surface area contributed by atoms with Crippen molar-refractivity contribution >= 4 is 5.82 Å². The molecule has 1 aliphatic heterocycles. The number of anilines is 1. The van der Waals surface area contributed by atoms with E-state index in [2.05, 4.69) is 20.2 Å². The summed E-state index contributed by atoms with van der Waals surface area (Å²) in [4.78, 5) is 20.6. The van der Waals surface area contributed by atoms with Gasteiger partial charge in [0.2, 0.25) is 0 Å². The van der Waals surface area contributed by atoms with Crippen molar-refractivity contribution < 1.29 is 0 Å². The van der Waals surface area contributed by atoms with Gasteiger partial charge in [0.25, 0.3) is 5.56 Å². The lowest BCUT2D eigenvalue weighted by Gasteiger charge is -2.30. The highest BCUT2D eigenvalue weighted by Crippen LogP contribution is 2.31. The second-order valence-electron chi connectivity index (χ2n) is 5.37. The van der Waals surface area contributed by atoms with Crippen LogP contribution in [0.3, 0.4) is 0 Å². The predicted octanol–water partition coefficient (Wildman–Crippen LogP) is 0.738. The van der Waals surface area contributed by atoms with Gasteiger partial charge in [-0.25, -0.2) is 4.98 Å². The van der Waals surface area contributed by atoms with Gasteiger partial charge < -0.3 is 15.2 Å². The van der Waals surface area contributed by atoms with Crippen molar-refractivity contribution in [1.82, 2.24) is 15.3 Å². The molecule has 1 aromatic rings. The summed E-state index contributed by atoms with van der Waals surface area (Å²) in [5.41, 5.74) is -0.0626. The molecule has 2 N–H and O–H groups in total. The molecule has 18 heavy (non-hydrogen) atoms. The van der Waals surface area contributed by atoms with Crippen molar-refractivity contribution in [3.8, 4) is 0 Å². The summed E-state index contributed by atoms with van der Waals surface area (Å²) < 4.78 is 0. The van der Waals surface area contributed by atoms with Crippen molar-refractivity contribution in [1.29, 1.82) is 0 Å². The van der Waals surface area contributed by atoms with Crippen molar-refractivity contribution in [2.75, 3.05) is 24.5 Å². The zero-order valence-electron chi connectivity index (χ0n) is 10.6. The highest BCUT2D eigenvalue weighted by atomic mass is 16.1. The van der Waals surface area contributed by atoms with E-state index in [9.17, 15) is 4.79 Å². The quantitative estimate of drug-likeness (QED) is 0.825. The third-order valence-corrected chi connectivity index (χ3v) is 3.80. The van der Waals surface area contributed by atoms with Gasteiger partial charge in [-0.2, -0.15) is 0 Å². The molecule has 0 amide bonds. The largest absolute Gasteiger partial charge is 0.353 e. The summed E-state index contributed by atoms with van der Waals surface area (Å²) in [5.74, 6) is 1.52. The molecule has 98 valence electrons. The van der Waals surface area contributed by atoms with Crippen molar-refractivity contribution in [3.05, 3.63) is 22.7 Å². The van der Waals surface area contributed by atoms with Crippen LogP contribution in [-0.4, -0.2) is 35.6 Å². The van der Waals surface area contributed by atoms with E-state index in [0.717, 1.165) is 25.5 Å². The molecule has 5 nitrogen and oxygen atoms in total. The fraction of sp³-hybridized carbons (Fsp3) is 0.692. The second kappa shape index (κ2) is 5.10. The van der Waals surface area contributed by atoms with Gasteiger partial charge in [-0.05, 0) is 44.7 Å². The topological polar surface area (TPSA) is 61.0 Å². The number of hydrogen-bond donors (Lipinski definition) is 2. The minimum atomic E-state index is -0.0626. The molecule has 0 aromatic carbocycles. The highest BCUT2D eigenvalue weighted by molar-refractivity contribution is 5.40. The maximum Gasteiger partial charge on any atom is 0.252 e. The smallest absolute Gasteiger partial charge is 0.252 e. The third-order valence-electron chi connectivity index (χ3n) is 3.80. The van der Waals surface area contributed by atoms with Gasteiger partial charge in [-0.3, -0.25) is 4.79 Å². The minimum Gasteiger partial charge on any atom is -0.353 e. The number of aromatic nitrogens is 2. The summed E-state index contributed by atoms with van der Waals surface area (Å²) in [6.45, 7) is 3.25. The summed E-state index contributed by atoms with van der Waals surface area (Å²) >= 11 is 0. The zero-order valence-corrected chi connectivity index (χ0v) is 10.6. The molecule has 1 aliphatic carbocycles. The Hall–Kier alpha value is -1.36. The molecule has 0 bridgehead atoms. The number of H-pyrrole nitrogens is 1. The molecule has 1 aromatic heterocycles. The van der Waals surface area contributed by atoms with Gasteiger partial charge in [-0.1, -0.05) is 0 Å². The van der Waals surface area contributed by atoms with E-state index >= 15 is 0 Å². The molecular weight excluding hydrogens is 228 g/mol. The zero-order chi connectivity index (χ0) is 12.4. The molecule has 2 heterocycles. The Morgan fingerprint density at radius 2 is 2.28 bits per heavy atom. The van der Waals surface area contributed by atoms with E-state index < -0.39 is 0 Å². The molecular formula is C13H20N4O. The number of piperidine rings is 1. The number of aromatic amines is 1. The molecule has 2 fully saturated rings. The average Bonchev–Trinajstić information content (AvgIpc) is 3.21. The van der Waals surface area contributed by atoms with E-state index in [0.29, 0.717) is 12.0 Å². The molecule has 1 unspecified atom stereocenters. The van der Waals surface area contributed by atoms with Crippen LogP contribution < -0.4 is 15.8 Å². The fourth-order valence-electron chi connectivity index (χ4n) is 2.69. The molecule has 1 atom stereocenters. The van der Waals surface area contributed by atoms with E-state index in [1.165, 1.54) is 32.0 Å². The van der Waals surface area contributed by atoms with Crippen molar-refractivity contribution in [3.63, 3.8) is 0 Å². The van der Waals surface area contributed by atoms with Crippen LogP contribution in [0.25, 0.3) is 0 Å². The summed E-state index contributed by atoms with van der Waals surface area (Å²) in [6.07, 6.45) is 6.50. The Morgan fingerprint density at radius 3 is 2.94 bits per heavy atom. The summed E-state index contributed by atoms with van der Waals surface area (Å²) in [6, 6.07) is 2.22. The van der Waals surface area contributed by atoms with Gasteiger partial charge in [0.05, 0.1) is 6.33 Å². The van der Waals surface area contributed by atoms with Gasteiger partial charge in [0.1, 0.15) is 5.82 Å². The number of hydrogen-bond acceptors (Lipinski definition) is 4. The average molecular weight is 248 g/mol. The summed E-state index contributed by atoms with van der Waals surface area (Å²) in [7, 11) is 0. The van der Waals surface area contributed by atoms with Gasteiger partial charge in [0.15, 0.2) is 0 Å². The normalized spacial score (nSPS) is 23.9. The Kier molecular flexibility index (Phi) is 3.32. The predicted molar refractivity (Wildman–Crippen MR) is 70.8 cm³/mol. The molecule has 1 saturated carbocycles. The van der Waals surface area contributed by atoms with Gasteiger partial charge in [-0.15, -0.1) is 0 Å². The number of nitrogens with one attached hydrogen (secondary N) is 2. The van der Waals surface area contributed by atoms with Crippen LogP contribution in [0.5, 0.6) is 0 Å². The molecule has 0 radical (unpaired) electrons. The van der Waals surface area contributed by atoms with E-state index in [1.54, 1.807) is 6.07 Å². The first-order valence-corrected chi connectivity index (χ1v) is 6.85. The van der Waals surface area contributed by atoms with Crippen LogP contribution in [0, 0.1) is 5.92 Å². The van der Waals surface area contributed by atoms with Gasteiger partial charge >= 0.3 is 0 Å².